The first kappa shape index (κ1) is 28.4. The first-order valence-electron chi connectivity index (χ1n) is 12.8. The van der Waals surface area contributed by atoms with Crippen LogP contribution in [-0.4, -0.2) is 65.9 Å². The van der Waals surface area contributed by atoms with E-state index in [-0.39, 0.29) is 62.6 Å². The molecule has 214 valence electrons. The summed E-state index contributed by atoms with van der Waals surface area (Å²) in [5, 5.41) is 4.66. The molecule has 0 N–H and O–H groups in total. The maximum Gasteiger partial charge on any atom is 0.391 e. The zero-order valence-electron chi connectivity index (χ0n) is 21.3. The van der Waals surface area contributed by atoms with Gasteiger partial charge in [-0.25, -0.2) is 13.4 Å². The smallest absolute Gasteiger partial charge is 0.391 e. The molecule has 3 heterocycles. The molecular weight excluding hydrogens is 571 g/mol. The average Bonchev–Trinajstić information content (AvgIpc) is 2.94. The van der Waals surface area contributed by atoms with Crippen molar-refractivity contribution in [3.8, 4) is 11.4 Å². The van der Waals surface area contributed by atoms with Crippen molar-refractivity contribution < 1.29 is 26.3 Å². The Morgan fingerprint density at radius 3 is 2.33 bits per heavy atom. The molecule has 1 saturated carbocycles. The van der Waals surface area contributed by atoms with Crippen LogP contribution in [0.25, 0.3) is 5.69 Å². The molecule has 9 nitrogen and oxygen atoms in total. The summed E-state index contributed by atoms with van der Waals surface area (Å²) in [6.45, 7) is 0.746. The average molecular weight is 598 g/mol. The van der Waals surface area contributed by atoms with E-state index < -0.39 is 33.8 Å². The van der Waals surface area contributed by atoms with E-state index in [9.17, 15) is 26.4 Å². The van der Waals surface area contributed by atoms with E-state index in [1.807, 2.05) is 0 Å². The highest BCUT2D eigenvalue weighted by atomic mass is 35.5. The highest BCUT2D eigenvalue weighted by Gasteiger charge is 2.42. The summed E-state index contributed by atoms with van der Waals surface area (Å²) in [4.78, 5) is 19.4. The number of hydrogen-bond donors (Lipinski definition) is 0. The Hall–Kier alpha value is -3.16. The summed E-state index contributed by atoms with van der Waals surface area (Å²) in [6.07, 6.45) is -1.83. The molecule has 0 spiro atoms. The van der Waals surface area contributed by atoms with Crippen LogP contribution in [0.5, 0.6) is 5.75 Å². The van der Waals surface area contributed by atoms with Crippen molar-refractivity contribution in [3.05, 3.63) is 70.2 Å². The summed E-state index contributed by atoms with van der Waals surface area (Å²) in [7, 11) is -3.79. The lowest BCUT2D eigenvalue weighted by Crippen LogP contribution is -2.49. The molecule has 40 heavy (non-hydrogen) atoms. The molecule has 3 aromatic rings. The van der Waals surface area contributed by atoms with E-state index in [2.05, 4.69) is 10.1 Å². The topological polar surface area (TPSA) is 97.6 Å². The van der Waals surface area contributed by atoms with Gasteiger partial charge in [-0.05, 0) is 56.0 Å². The number of hydrogen-bond acceptors (Lipinski definition) is 7. The van der Waals surface area contributed by atoms with Crippen LogP contribution in [0.15, 0.2) is 64.7 Å². The van der Waals surface area contributed by atoms with Crippen LogP contribution in [0.4, 0.5) is 18.9 Å². The third-order valence-corrected chi connectivity index (χ3v) is 9.26. The molecule has 0 unspecified atom stereocenters. The van der Waals surface area contributed by atoms with Crippen LogP contribution in [0.2, 0.25) is 5.02 Å². The van der Waals surface area contributed by atoms with Gasteiger partial charge in [-0.3, -0.25) is 4.79 Å². The monoisotopic (exact) mass is 597 g/mol. The van der Waals surface area contributed by atoms with Gasteiger partial charge in [0.15, 0.2) is 5.03 Å². The van der Waals surface area contributed by atoms with Crippen molar-refractivity contribution in [2.24, 2.45) is 5.92 Å². The van der Waals surface area contributed by atoms with Gasteiger partial charge in [0.05, 0.1) is 23.9 Å². The molecule has 2 aromatic heterocycles. The summed E-state index contributed by atoms with van der Waals surface area (Å²) >= 11 is 6.11. The van der Waals surface area contributed by atoms with Crippen LogP contribution in [0.3, 0.4) is 0 Å². The number of halogens is 4. The van der Waals surface area contributed by atoms with E-state index in [0.29, 0.717) is 16.4 Å². The zero-order chi connectivity index (χ0) is 28.5. The molecular formula is C26H27ClF3N5O4S. The van der Waals surface area contributed by atoms with Crippen LogP contribution in [-0.2, 0) is 10.0 Å². The minimum atomic E-state index is -4.26. The quantitative estimate of drug-likeness (QED) is 0.418. The van der Waals surface area contributed by atoms with Crippen molar-refractivity contribution in [3.63, 3.8) is 0 Å². The molecule has 14 heteroatoms. The molecule has 1 saturated heterocycles. The molecule has 5 rings (SSSR count). The van der Waals surface area contributed by atoms with Gasteiger partial charge in [0, 0.05) is 37.4 Å². The van der Waals surface area contributed by atoms with Gasteiger partial charge >= 0.3 is 11.7 Å². The molecule has 1 aliphatic heterocycles. The Morgan fingerprint density at radius 2 is 1.70 bits per heavy atom. The first-order chi connectivity index (χ1) is 19.0. The van der Waals surface area contributed by atoms with Gasteiger partial charge in [-0.1, -0.05) is 23.7 Å². The van der Waals surface area contributed by atoms with Crippen molar-refractivity contribution >= 4 is 27.3 Å². The van der Waals surface area contributed by atoms with Crippen molar-refractivity contribution in [1.82, 2.24) is 19.1 Å². The van der Waals surface area contributed by atoms with E-state index in [0.717, 1.165) is 4.68 Å². The maximum absolute atomic E-state index is 13.7. The Morgan fingerprint density at radius 1 is 0.975 bits per heavy atom. The fraction of sp³-hybridized carbons (Fsp3) is 0.423. The largest absolute Gasteiger partial charge is 0.483 e. The predicted molar refractivity (Wildman–Crippen MR) is 142 cm³/mol. The van der Waals surface area contributed by atoms with Crippen LogP contribution in [0.1, 0.15) is 25.7 Å². The van der Waals surface area contributed by atoms with Crippen molar-refractivity contribution in [1.29, 1.82) is 0 Å². The number of anilines is 1. The fourth-order valence-corrected chi connectivity index (χ4v) is 6.57. The normalized spacial score (nSPS) is 20.9. The van der Waals surface area contributed by atoms with Gasteiger partial charge in [-0.15, -0.1) is 0 Å². The number of ether oxygens (including phenoxy) is 1. The Kier molecular flexibility index (Phi) is 8.07. The molecule has 0 atom stereocenters. The van der Waals surface area contributed by atoms with Gasteiger partial charge in [0.1, 0.15) is 5.69 Å². The lowest BCUT2D eigenvalue weighted by molar-refractivity contribution is -0.185. The number of alkyl halides is 3. The Labute approximate surface area is 234 Å². The lowest BCUT2D eigenvalue weighted by Gasteiger charge is -2.36. The number of aromatic nitrogens is 3. The summed E-state index contributed by atoms with van der Waals surface area (Å²) in [6, 6.07) is 11.2. The minimum absolute atomic E-state index is 0.0357. The fourth-order valence-electron chi connectivity index (χ4n) is 5.03. The molecule has 0 bridgehead atoms. The van der Waals surface area contributed by atoms with Crippen molar-refractivity contribution in [2.45, 2.75) is 43.0 Å². The number of pyridine rings is 1. The molecule has 0 radical (unpaired) electrons. The van der Waals surface area contributed by atoms with Gasteiger partial charge in [-0.2, -0.15) is 27.3 Å². The lowest BCUT2D eigenvalue weighted by atomic mass is 9.87. The second-order valence-electron chi connectivity index (χ2n) is 9.75. The predicted octanol–water partition coefficient (Wildman–Crippen LogP) is 4.29. The number of sulfonamides is 1. The molecule has 1 aliphatic carbocycles. The van der Waals surface area contributed by atoms with E-state index in [1.54, 1.807) is 41.3 Å². The molecule has 0 amide bonds. The first-order valence-corrected chi connectivity index (χ1v) is 14.6. The summed E-state index contributed by atoms with van der Waals surface area (Å²) < 4.78 is 74.2. The second kappa shape index (κ2) is 11.4. The Balaban J connectivity index is 1.41. The van der Waals surface area contributed by atoms with Crippen molar-refractivity contribution in [2.75, 3.05) is 31.1 Å². The number of benzene rings is 1. The maximum atomic E-state index is 13.7. The van der Waals surface area contributed by atoms with E-state index in [1.165, 1.54) is 22.8 Å². The SMILES string of the molecule is O=c1c(OC2CCC(C(F)(F)F)CC2)c(N2CCN(S(=O)(=O)c3ccccn3)CC2)cnn1-c1cccc(Cl)c1. The highest BCUT2D eigenvalue weighted by molar-refractivity contribution is 7.89. The third-order valence-electron chi connectivity index (χ3n) is 7.21. The summed E-state index contributed by atoms with van der Waals surface area (Å²) in [5.41, 5.74) is 0.179. The zero-order valence-corrected chi connectivity index (χ0v) is 22.9. The van der Waals surface area contributed by atoms with Crippen LogP contribution >= 0.6 is 11.6 Å². The van der Waals surface area contributed by atoms with E-state index >= 15 is 0 Å². The van der Waals surface area contributed by atoms with E-state index in [4.69, 9.17) is 16.3 Å². The van der Waals surface area contributed by atoms with Crippen LogP contribution in [0, 0.1) is 5.92 Å². The second-order valence-corrected chi connectivity index (χ2v) is 12.1. The number of rotatable bonds is 6. The summed E-state index contributed by atoms with van der Waals surface area (Å²) in [5.74, 6) is -1.42. The van der Waals surface area contributed by atoms with Crippen LogP contribution < -0.4 is 15.2 Å². The Bertz CT molecular complexity index is 1500. The van der Waals surface area contributed by atoms with Gasteiger partial charge in [0.2, 0.25) is 5.75 Å². The molecule has 1 aromatic carbocycles. The number of nitrogens with zero attached hydrogens (tertiary/aromatic N) is 5. The molecule has 2 fully saturated rings. The highest BCUT2D eigenvalue weighted by Crippen LogP contribution is 2.39. The molecule has 2 aliphatic rings. The minimum Gasteiger partial charge on any atom is -0.483 e. The van der Waals surface area contributed by atoms with Gasteiger partial charge in [0.25, 0.3) is 10.0 Å². The van der Waals surface area contributed by atoms with Gasteiger partial charge < -0.3 is 9.64 Å². The number of piperazine rings is 1. The standard InChI is InChI=1S/C26H27ClF3N5O4S/c27-19-4-3-5-20(16-19)35-25(36)24(39-21-9-7-18(8-10-21)26(28,29)30)22(17-32-35)33-12-14-34(15-13-33)40(37,38)23-6-1-2-11-31-23/h1-6,11,16-18,21H,7-10,12-15H2. The third kappa shape index (κ3) is 5.96.